The molecule has 132 valence electrons. The number of carbonyl (C=O) groups excluding carboxylic acids is 2. The van der Waals surface area contributed by atoms with Gasteiger partial charge < -0.3 is 20.5 Å². The Labute approximate surface area is 146 Å². The van der Waals surface area contributed by atoms with Crippen molar-refractivity contribution in [3.63, 3.8) is 0 Å². The number of para-hydroxylation sites is 2. The number of hydrogen-bond donors (Lipinski definition) is 2. The average Bonchev–Trinajstić information content (AvgIpc) is 2.61. The van der Waals surface area contributed by atoms with E-state index in [1.54, 1.807) is 43.3 Å². The molecule has 0 aromatic heterocycles. The van der Waals surface area contributed by atoms with Gasteiger partial charge in [-0.2, -0.15) is 0 Å². The fourth-order valence-corrected chi connectivity index (χ4v) is 2.24. The molecule has 6 nitrogen and oxygen atoms in total. The first-order valence-electron chi connectivity index (χ1n) is 8.12. The number of rotatable bonds is 8. The number of amides is 1. The third-order valence-corrected chi connectivity index (χ3v) is 3.47. The zero-order valence-corrected chi connectivity index (χ0v) is 14.4. The van der Waals surface area contributed by atoms with Crippen LogP contribution < -0.4 is 20.5 Å². The summed E-state index contributed by atoms with van der Waals surface area (Å²) in [7, 11) is 0. The van der Waals surface area contributed by atoms with E-state index in [9.17, 15) is 9.59 Å². The zero-order valence-electron chi connectivity index (χ0n) is 14.4. The lowest BCUT2D eigenvalue weighted by Gasteiger charge is -2.12. The van der Waals surface area contributed by atoms with Gasteiger partial charge in [0.15, 0.2) is 12.4 Å². The van der Waals surface area contributed by atoms with Crippen molar-refractivity contribution in [3.8, 4) is 11.5 Å². The van der Waals surface area contributed by atoms with Crippen molar-refractivity contribution in [2.45, 2.75) is 20.3 Å². The lowest BCUT2D eigenvalue weighted by atomic mass is 10.1. The quantitative estimate of drug-likeness (QED) is 0.567. The monoisotopic (exact) mass is 342 g/mol. The minimum Gasteiger partial charge on any atom is -0.492 e. The summed E-state index contributed by atoms with van der Waals surface area (Å²) < 4.78 is 10.9. The highest BCUT2D eigenvalue weighted by atomic mass is 16.5. The molecule has 0 saturated carbocycles. The summed E-state index contributed by atoms with van der Waals surface area (Å²) in [5, 5.41) is 2.74. The van der Waals surface area contributed by atoms with Gasteiger partial charge >= 0.3 is 0 Å². The van der Waals surface area contributed by atoms with E-state index in [1.807, 2.05) is 13.0 Å². The predicted octanol–water partition coefficient (Wildman–Crippen LogP) is 3.28. The summed E-state index contributed by atoms with van der Waals surface area (Å²) in [6, 6.07) is 12.0. The van der Waals surface area contributed by atoms with Crippen molar-refractivity contribution in [1.29, 1.82) is 0 Å². The molecule has 0 unspecified atom stereocenters. The first kappa shape index (κ1) is 18.3. The number of anilines is 2. The minimum atomic E-state index is -0.333. The Morgan fingerprint density at radius 1 is 1.04 bits per heavy atom. The molecule has 6 heteroatoms. The fraction of sp³-hybridized carbons (Fsp3) is 0.263. The molecule has 0 atom stereocenters. The number of ether oxygens (including phenoxy) is 2. The summed E-state index contributed by atoms with van der Waals surface area (Å²) in [6.07, 6.45) is 0.404. The largest absolute Gasteiger partial charge is 0.492 e. The van der Waals surface area contributed by atoms with Crippen LogP contribution in [0.25, 0.3) is 0 Å². The number of hydrogen-bond acceptors (Lipinski definition) is 5. The normalized spacial score (nSPS) is 10.2. The topological polar surface area (TPSA) is 90.6 Å². The summed E-state index contributed by atoms with van der Waals surface area (Å²) in [4.78, 5) is 23.7. The van der Waals surface area contributed by atoms with Crippen LogP contribution in [0.3, 0.4) is 0 Å². The Hall–Kier alpha value is -3.02. The van der Waals surface area contributed by atoms with Crippen LogP contribution >= 0.6 is 0 Å². The van der Waals surface area contributed by atoms with E-state index in [-0.39, 0.29) is 18.3 Å². The van der Waals surface area contributed by atoms with Gasteiger partial charge in [0.05, 0.1) is 18.0 Å². The third-order valence-electron chi connectivity index (χ3n) is 3.47. The van der Waals surface area contributed by atoms with E-state index < -0.39 is 0 Å². The Morgan fingerprint density at radius 3 is 2.48 bits per heavy atom. The van der Waals surface area contributed by atoms with Crippen LogP contribution in [-0.2, 0) is 4.79 Å². The number of nitrogen functional groups attached to an aromatic ring is 1. The highest BCUT2D eigenvalue weighted by molar-refractivity contribution is 5.97. The molecule has 0 radical (unpaired) electrons. The van der Waals surface area contributed by atoms with E-state index in [1.165, 1.54) is 0 Å². The van der Waals surface area contributed by atoms with Crippen LogP contribution in [-0.4, -0.2) is 24.9 Å². The molecule has 2 aromatic rings. The van der Waals surface area contributed by atoms with Gasteiger partial charge in [0.2, 0.25) is 0 Å². The van der Waals surface area contributed by atoms with Gasteiger partial charge in [-0.3, -0.25) is 9.59 Å². The number of benzene rings is 2. The van der Waals surface area contributed by atoms with Crippen molar-refractivity contribution in [3.05, 3.63) is 48.0 Å². The molecule has 2 aromatic carbocycles. The molecule has 0 saturated heterocycles. The number of carbonyl (C=O) groups is 2. The van der Waals surface area contributed by atoms with E-state index >= 15 is 0 Å². The van der Waals surface area contributed by atoms with Crippen molar-refractivity contribution in [2.75, 3.05) is 24.3 Å². The van der Waals surface area contributed by atoms with Crippen molar-refractivity contribution < 1.29 is 19.1 Å². The molecule has 0 aliphatic heterocycles. The average molecular weight is 342 g/mol. The molecule has 0 aliphatic carbocycles. The molecule has 0 fully saturated rings. The summed E-state index contributed by atoms with van der Waals surface area (Å²) in [5.41, 5.74) is 7.32. The Morgan fingerprint density at radius 2 is 1.80 bits per heavy atom. The van der Waals surface area contributed by atoms with Crippen LogP contribution in [0.15, 0.2) is 42.5 Å². The molecule has 0 bridgehead atoms. The summed E-state index contributed by atoms with van der Waals surface area (Å²) >= 11 is 0. The lowest BCUT2D eigenvalue weighted by molar-refractivity contribution is -0.118. The zero-order chi connectivity index (χ0) is 18.2. The van der Waals surface area contributed by atoms with Crippen LogP contribution in [0.2, 0.25) is 0 Å². The van der Waals surface area contributed by atoms with E-state index in [0.717, 1.165) is 0 Å². The van der Waals surface area contributed by atoms with Gasteiger partial charge in [0.25, 0.3) is 5.91 Å². The molecular formula is C19H22N2O4. The SMILES string of the molecule is CCOc1ccccc1NC(=O)COc1ccc(C(=O)CC)cc1N. The molecule has 1 amide bonds. The molecule has 0 heterocycles. The second kappa shape index (κ2) is 8.73. The smallest absolute Gasteiger partial charge is 0.262 e. The molecule has 0 aliphatic rings. The summed E-state index contributed by atoms with van der Waals surface area (Å²) in [6.45, 7) is 3.96. The second-order valence-electron chi connectivity index (χ2n) is 5.30. The number of Topliss-reactive ketones (excluding diaryl/α,β-unsaturated/α-hetero) is 1. The Balaban J connectivity index is 1.97. The summed E-state index contributed by atoms with van der Waals surface area (Å²) in [5.74, 6) is 0.630. The molecule has 0 spiro atoms. The highest BCUT2D eigenvalue weighted by Gasteiger charge is 2.11. The van der Waals surface area contributed by atoms with Crippen molar-refractivity contribution in [2.24, 2.45) is 0 Å². The number of nitrogens with one attached hydrogen (secondary N) is 1. The molecule has 3 N–H and O–H groups in total. The second-order valence-corrected chi connectivity index (χ2v) is 5.30. The van der Waals surface area contributed by atoms with Gasteiger partial charge in [-0.15, -0.1) is 0 Å². The number of nitrogens with two attached hydrogens (primary N) is 1. The van der Waals surface area contributed by atoms with Crippen LogP contribution in [0.4, 0.5) is 11.4 Å². The van der Waals surface area contributed by atoms with E-state index in [2.05, 4.69) is 5.32 Å². The molecule has 25 heavy (non-hydrogen) atoms. The Kier molecular flexibility index (Phi) is 6.39. The predicted molar refractivity (Wildman–Crippen MR) is 97.2 cm³/mol. The molecule has 2 rings (SSSR count). The van der Waals surface area contributed by atoms with Crippen molar-refractivity contribution in [1.82, 2.24) is 0 Å². The minimum absolute atomic E-state index is 0.00326. The maximum Gasteiger partial charge on any atom is 0.262 e. The highest BCUT2D eigenvalue weighted by Crippen LogP contribution is 2.25. The molecular weight excluding hydrogens is 320 g/mol. The Bertz CT molecular complexity index is 759. The maximum atomic E-state index is 12.1. The standard InChI is InChI=1S/C19H22N2O4/c1-3-16(22)13-9-10-17(14(20)11-13)25-12-19(23)21-15-7-5-6-8-18(15)24-4-2/h5-11H,3-4,12,20H2,1-2H3,(H,21,23). The van der Waals surface area contributed by atoms with E-state index in [4.69, 9.17) is 15.2 Å². The van der Waals surface area contributed by atoms with Gasteiger partial charge in [0.1, 0.15) is 11.5 Å². The van der Waals surface area contributed by atoms with Crippen molar-refractivity contribution >= 4 is 23.1 Å². The first-order chi connectivity index (χ1) is 12.0. The fourth-order valence-electron chi connectivity index (χ4n) is 2.24. The van der Waals surface area contributed by atoms with Crippen LogP contribution in [0.1, 0.15) is 30.6 Å². The van der Waals surface area contributed by atoms with E-state index in [0.29, 0.717) is 41.5 Å². The third kappa shape index (κ3) is 4.97. The van der Waals surface area contributed by atoms with Crippen LogP contribution in [0.5, 0.6) is 11.5 Å². The van der Waals surface area contributed by atoms with Gasteiger partial charge in [-0.1, -0.05) is 19.1 Å². The lowest BCUT2D eigenvalue weighted by Crippen LogP contribution is -2.21. The maximum absolute atomic E-state index is 12.1. The number of ketones is 1. The van der Waals surface area contributed by atoms with Gasteiger partial charge in [0, 0.05) is 12.0 Å². The first-order valence-corrected chi connectivity index (χ1v) is 8.12. The van der Waals surface area contributed by atoms with Gasteiger partial charge in [-0.25, -0.2) is 0 Å². The van der Waals surface area contributed by atoms with Gasteiger partial charge in [-0.05, 0) is 37.3 Å². The van der Waals surface area contributed by atoms with Crippen LogP contribution in [0, 0.1) is 0 Å².